The fraction of sp³-hybridized carbons (Fsp3) is 0.207. The highest BCUT2D eigenvalue weighted by molar-refractivity contribution is 6.22. The maximum absolute atomic E-state index is 12.9. The number of fused-ring (bicyclic) bond motifs is 1. The zero-order valence-corrected chi connectivity index (χ0v) is 20.7. The number of likely N-dealkylation sites (N-methyl/N-ethyl adjacent to an activating group) is 1. The molecule has 0 unspecified atom stereocenters. The third-order valence-electron chi connectivity index (χ3n) is 6.78. The maximum Gasteiger partial charge on any atom is 0.336 e. The molecule has 1 saturated heterocycles. The number of rotatable bonds is 5. The predicted octanol–water partition coefficient (Wildman–Crippen LogP) is 4.44. The highest BCUT2D eigenvalue weighted by atomic mass is 16.4. The van der Waals surface area contributed by atoms with Crippen molar-refractivity contribution in [1.82, 2.24) is 14.8 Å². The molecular formula is C29H28N4O4. The Morgan fingerprint density at radius 2 is 1.59 bits per heavy atom. The van der Waals surface area contributed by atoms with Gasteiger partial charge in [-0.3, -0.25) is 4.79 Å². The molecular weight excluding hydrogens is 468 g/mol. The molecule has 2 heterocycles. The number of nitrogens with one attached hydrogen (secondary N) is 1. The van der Waals surface area contributed by atoms with Gasteiger partial charge in [0, 0.05) is 48.2 Å². The van der Waals surface area contributed by atoms with Gasteiger partial charge in [-0.25, -0.2) is 9.79 Å². The number of hydrogen-bond donors (Lipinski definition) is 3. The van der Waals surface area contributed by atoms with Crippen LogP contribution in [-0.4, -0.2) is 75.8 Å². The molecule has 0 spiro atoms. The van der Waals surface area contributed by atoms with Crippen molar-refractivity contribution in [1.29, 1.82) is 0 Å². The van der Waals surface area contributed by atoms with Crippen LogP contribution in [0.25, 0.3) is 10.9 Å². The van der Waals surface area contributed by atoms with Crippen molar-refractivity contribution in [2.24, 2.45) is 4.99 Å². The van der Waals surface area contributed by atoms with Crippen molar-refractivity contribution >= 4 is 34.2 Å². The summed E-state index contributed by atoms with van der Waals surface area (Å²) in [5, 5.41) is 21.1. The van der Waals surface area contributed by atoms with Gasteiger partial charge in [0.2, 0.25) is 0 Å². The van der Waals surface area contributed by atoms with E-state index in [1.807, 2.05) is 35.2 Å². The first-order valence-corrected chi connectivity index (χ1v) is 12.1. The average molecular weight is 497 g/mol. The Hall–Kier alpha value is -4.43. The van der Waals surface area contributed by atoms with E-state index in [1.54, 1.807) is 37.3 Å². The van der Waals surface area contributed by atoms with Gasteiger partial charge < -0.3 is 25.0 Å². The van der Waals surface area contributed by atoms with Gasteiger partial charge in [-0.1, -0.05) is 30.3 Å². The number of nitrogens with zero attached hydrogens (tertiary/aromatic N) is 3. The Bertz CT molecular complexity index is 1500. The van der Waals surface area contributed by atoms with E-state index in [1.165, 1.54) is 6.07 Å². The van der Waals surface area contributed by atoms with Crippen molar-refractivity contribution in [2.75, 3.05) is 33.2 Å². The van der Waals surface area contributed by atoms with Crippen LogP contribution < -0.4 is 0 Å². The molecule has 0 aliphatic carbocycles. The second-order valence-corrected chi connectivity index (χ2v) is 9.34. The van der Waals surface area contributed by atoms with Gasteiger partial charge in [-0.15, -0.1) is 0 Å². The number of carbonyl (C=O) groups excluding carboxylic acids is 1. The van der Waals surface area contributed by atoms with Crippen molar-refractivity contribution in [3.05, 3.63) is 94.5 Å². The number of aromatic hydroxyl groups is 1. The Morgan fingerprint density at radius 3 is 2.24 bits per heavy atom. The molecule has 1 aromatic heterocycles. The Morgan fingerprint density at radius 1 is 0.919 bits per heavy atom. The first-order chi connectivity index (χ1) is 17.8. The summed E-state index contributed by atoms with van der Waals surface area (Å²) in [6.45, 7) is 4.85. The third-order valence-corrected chi connectivity index (χ3v) is 6.78. The van der Waals surface area contributed by atoms with Gasteiger partial charge >= 0.3 is 5.97 Å². The second-order valence-electron chi connectivity index (χ2n) is 9.34. The predicted molar refractivity (Wildman–Crippen MR) is 143 cm³/mol. The van der Waals surface area contributed by atoms with Crippen molar-refractivity contribution in [3.63, 3.8) is 0 Å². The summed E-state index contributed by atoms with van der Waals surface area (Å²) in [4.78, 5) is 36.4. The van der Waals surface area contributed by atoms with Crippen LogP contribution in [0, 0.1) is 6.92 Å². The van der Waals surface area contributed by atoms with Gasteiger partial charge in [0.15, 0.2) is 5.88 Å². The van der Waals surface area contributed by atoms with Crippen LogP contribution in [0.1, 0.15) is 37.4 Å². The summed E-state index contributed by atoms with van der Waals surface area (Å²) in [6, 6.07) is 19.9. The van der Waals surface area contributed by atoms with Crippen LogP contribution >= 0.6 is 0 Å². The molecule has 5 rings (SSSR count). The molecule has 1 aliphatic heterocycles. The lowest BCUT2D eigenvalue weighted by Gasteiger charge is -2.32. The molecule has 37 heavy (non-hydrogen) atoms. The number of H-pyrrole nitrogens is 1. The second kappa shape index (κ2) is 9.91. The highest BCUT2D eigenvalue weighted by Crippen LogP contribution is 2.33. The van der Waals surface area contributed by atoms with E-state index in [-0.39, 0.29) is 17.4 Å². The molecule has 0 saturated carbocycles. The average Bonchev–Trinajstić information content (AvgIpc) is 3.22. The first-order valence-electron chi connectivity index (χ1n) is 12.1. The standard InChI is InChI=1S/C29H28N4O4/c1-18-16-23-24(17-22(18)29(36)37)31-27(34)25(23)26(19-6-4-3-5-7-19)30-21-10-8-20(9-11-21)28(35)33-14-12-32(2)13-15-33/h3-11,16-17,31,34H,12-15H2,1-2H3,(H,36,37). The van der Waals surface area contributed by atoms with E-state index in [4.69, 9.17) is 4.99 Å². The Kier molecular flexibility index (Phi) is 6.50. The molecule has 8 nitrogen and oxygen atoms in total. The van der Waals surface area contributed by atoms with E-state index in [0.29, 0.717) is 52.1 Å². The molecule has 0 atom stereocenters. The quantitative estimate of drug-likeness (QED) is 0.354. The van der Waals surface area contributed by atoms with Crippen molar-refractivity contribution in [2.45, 2.75) is 6.92 Å². The highest BCUT2D eigenvalue weighted by Gasteiger charge is 2.22. The third kappa shape index (κ3) is 4.83. The van der Waals surface area contributed by atoms with Gasteiger partial charge in [-0.05, 0) is 55.9 Å². The summed E-state index contributed by atoms with van der Waals surface area (Å²) in [5.74, 6) is -1.12. The topological polar surface area (TPSA) is 109 Å². The van der Waals surface area contributed by atoms with Crippen molar-refractivity contribution < 1.29 is 19.8 Å². The zero-order valence-electron chi connectivity index (χ0n) is 20.7. The fourth-order valence-electron chi connectivity index (χ4n) is 4.67. The van der Waals surface area contributed by atoms with Crippen LogP contribution in [0.15, 0.2) is 71.7 Å². The number of hydrogen-bond acceptors (Lipinski definition) is 5. The van der Waals surface area contributed by atoms with Crippen LogP contribution in [0.5, 0.6) is 5.88 Å². The number of amides is 1. The maximum atomic E-state index is 12.9. The van der Waals surface area contributed by atoms with Crippen LogP contribution in [-0.2, 0) is 0 Å². The number of aromatic nitrogens is 1. The molecule has 0 radical (unpaired) electrons. The van der Waals surface area contributed by atoms with E-state index in [0.717, 1.165) is 18.7 Å². The Labute approximate surface area is 214 Å². The van der Waals surface area contributed by atoms with Gasteiger partial charge in [-0.2, -0.15) is 0 Å². The van der Waals surface area contributed by atoms with Gasteiger partial charge in [0.25, 0.3) is 5.91 Å². The van der Waals surface area contributed by atoms with Gasteiger partial charge in [0.1, 0.15) is 0 Å². The van der Waals surface area contributed by atoms with E-state index in [2.05, 4.69) is 16.9 Å². The lowest BCUT2D eigenvalue weighted by Crippen LogP contribution is -2.47. The van der Waals surface area contributed by atoms with E-state index < -0.39 is 5.97 Å². The van der Waals surface area contributed by atoms with Crippen molar-refractivity contribution in [3.8, 4) is 5.88 Å². The van der Waals surface area contributed by atoms with Crippen LogP contribution in [0.2, 0.25) is 0 Å². The number of aromatic carboxylic acids is 1. The summed E-state index contributed by atoms with van der Waals surface area (Å²) < 4.78 is 0. The normalized spacial score (nSPS) is 14.8. The fourth-order valence-corrected chi connectivity index (χ4v) is 4.67. The molecule has 3 N–H and O–H groups in total. The molecule has 1 fully saturated rings. The minimum absolute atomic E-state index is 0.00546. The molecule has 3 aromatic carbocycles. The SMILES string of the molecule is Cc1cc2c(C(=Nc3ccc(C(=O)N4CCN(C)CC4)cc3)c3ccccc3)c(O)[nH]c2cc1C(=O)O. The first kappa shape index (κ1) is 24.3. The van der Waals surface area contributed by atoms with Gasteiger partial charge in [0.05, 0.1) is 22.5 Å². The van der Waals surface area contributed by atoms with E-state index >= 15 is 0 Å². The minimum Gasteiger partial charge on any atom is -0.494 e. The molecule has 1 aliphatic rings. The summed E-state index contributed by atoms with van der Waals surface area (Å²) in [5.41, 5.74) is 4.30. The number of carboxylic acids is 1. The smallest absolute Gasteiger partial charge is 0.336 e. The largest absolute Gasteiger partial charge is 0.494 e. The molecule has 188 valence electrons. The summed E-state index contributed by atoms with van der Waals surface area (Å²) in [7, 11) is 2.05. The number of aryl methyl sites for hydroxylation is 1. The zero-order chi connectivity index (χ0) is 26.1. The molecule has 0 bridgehead atoms. The Balaban J connectivity index is 1.56. The molecule has 4 aromatic rings. The minimum atomic E-state index is -1.03. The number of carboxylic acid groups (broad SMARTS) is 1. The molecule has 8 heteroatoms. The summed E-state index contributed by atoms with van der Waals surface area (Å²) >= 11 is 0. The number of aromatic amines is 1. The lowest BCUT2D eigenvalue weighted by molar-refractivity contribution is 0.0662. The number of benzene rings is 3. The van der Waals surface area contributed by atoms with E-state index in [9.17, 15) is 19.8 Å². The lowest BCUT2D eigenvalue weighted by atomic mass is 9.98. The number of aliphatic imine (C=N–C) groups is 1. The number of carbonyl (C=O) groups is 2. The van der Waals surface area contributed by atoms with Crippen LogP contribution in [0.3, 0.4) is 0 Å². The monoisotopic (exact) mass is 496 g/mol. The summed E-state index contributed by atoms with van der Waals surface area (Å²) in [6.07, 6.45) is 0. The molecule has 1 amide bonds. The van der Waals surface area contributed by atoms with Crippen LogP contribution in [0.4, 0.5) is 5.69 Å². The number of piperazine rings is 1.